The summed E-state index contributed by atoms with van der Waals surface area (Å²) in [4.78, 5) is 11.9. The molecule has 0 fully saturated rings. The molecular formula is C13H21NO2. The molecule has 0 spiro atoms. The second kappa shape index (κ2) is 7.05. The number of carbonyl (C=O) groups excluding carboxylic acids is 1. The van der Waals surface area contributed by atoms with Crippen LogP contribution >= 0.6 is 0 Å². The van der Waals surface area contributed by atoms with E-state index in [2.05, 4.69) is 6.07 Å². The fourth-order valence-electron chi connectivity index (χ4n) is 1.59. The summed E-state index contributed by atoms with van der Waals surface area (Å²) in [5, 5.41) is 9.31. The minimum Gasteiger partial charge on any atom is -0.465 e. The van der Waals surface area contributed by atoms with Gasteiger partial charge in [0.05, 0.1) is 12.7 Å². The maximum absolute atomic E-state index is 11.9. The van der Waals surface area contributed by atoms with Crippen molar-refractivity contribution >= 4 is 5.97 Å². The summed E-state index contributed by atoms with van der Waals surface area (Å²) in [5.41, 5.74) is -0.303. The Bertz CT molecular complexity index is 302. The van der Waals surface area contributed by atoms with Crippen LogP contribution in [0.15, 0.2) is 11.6 Å². The Morgan fingerprint density at radius 3 is 2.50 bits per heavy atom. The van der Waals surface area contributed by atoms with Crippen molar-refractivity contribution in [3.8, 4) is 6.07 Å². The lowest BCUT2D eigenvalue weighted by Crippen LogP contribution is -2.33. The second-order valence-electron chi connectivity index (χ2n) is 3.81. The molecule has 3 nitrogen and oxygen atoms in total. The molecule has 1 unspecified atom stereocenters. The van der Waals surface area contributed by atoms with Crippen LogP contribution < -0.4 is 0 Å². The van der Waals surface area contributed by atoms with Gasteiger partial charge >= 0.3 is 5.97 Å². The molecule has 3 heteroatoms. The van der Waals surface area contributed by atoms with Gasteiger partial charge in [-0.05, 0) is 32.8 Å². The molecule has 0 bridgehead atoms. The Labute approximate surface area is 98.1 Å². The average molecular weight is 223 g/mol. The van der Waals surface area contributed by atoms with Crippen molar-refractivity contribution < 1.29 is 9.53 Å². The Balaban J connectivity index is 5.13. The minimum absolute atomic E-state index is 0.311. The van der Waals surface area contributed by atoms with Crippen LogP contribution in [0.4, 0.5) is 0 Å². The summed E-state index contributed by atoms with van der Waals surface area (Å²) in [7, 11) is 0. The summed E-state index contributed by atoms with van der Waals surface area (Å²) in [6.45, 7) is 7.76. The molecule has 0 amide bonds. The molecule has 0 radical (unpaired) electrons. The van der Waals surface area contributed by atoms with Crippen LogP contribution in [-0.2, 0) is 9.53 Å². The van der Waals surface area contributed by atoms with E-state index in [-0.39, 0.29) is 0 Å². The maximum Gasteiger partial charge on any atom is 0.330 e. The SMILES string of the molecule is CC=C(C)C(C#N)(CCCC)C(=O)OCC. The number of unbranched alkanes of at least 4 members (excludes halogenated alkanes) is 1. The number of rotatable bonds is 6. The maximum atomic E-state index is 11.9. The zero-order valence-corrected chi connectivity index (χ0v) is 10.7. The molecule has 0 N–H and O–H groups in total. The largest absolute Gasteiger partial charge is 0.465 e. The average Bonchev–Trinajstić information content (AvgIpc) is 2.30. The van der Waals surface area contributed by atoms with Gasteiger partial charge in [-0.2, -0.15) is 5.26 Å². The molecule has 1 atom stereocenters. The van der Waals surface area contributed by atoms with Crippen molar-refractivity contribution in [2.24, 2.45) is 5.41 Å². The zero-order chi connectivity index (χ0) is 12.6. The summed E-state index contributed by atoms with van der Waals surface area (Å²) < 4.78 is 5.02. The highest BCUT2D eigenvalue weighted by Crippen LogP contribution is 2.34. The Morgan fingerprint density at radius 2 is 2.12 bits per heavy atom. The summed E-state index contributed by atoms with van der Waals surface area (Å²) in [6.07, 6.45) is 4.15. The minimum atomic E-state index is -1.08. The topological polar surface area (TPSA) is 50.1 Å². The molecule has 0 saturated carbocycles. The van der Waals surface area contributed by atoms with Crippen molar-refractivity contribution in [2.75, 3.05) is 6.61 Å². The third-order valence-corrected chi connectivity index (χ3v) is 2.83. The Hall–Kier alpha value is -1.30. The molecular weight excluding hydrogens is 202 g/mol. The first-order chi connectivity index (χ1) is 7.58. The normalized spacial score (nSPS) is 15.1. The molecule has 0 heterocycles. The van der Waals surface area contributed by atoms with Crippen molar-refractivity contribution in [3.63, 3.8) is 0 Å². The lowest BCUT2D eigenvalue weighted by Gasteiger charge is -2.25. The van der Waals surface area contributed by atoms with E-state index >= 15 is 0 Å². The quantitative estimate of drug-likeness (QED) is 0.513. The van der Waals surface area contributed by atoms with Gasteiger partial charge in [-0.25, -0.2) is 4.79 Å². The number of nitrogens with zero attached hydrogens (tertiary/aromatic N) is 1. The number of hydrogen-bond donors (Lipinski definition) is 0. The van der Waals surface area contributed by atoms with E-state index in [9.17, 15) is 10.1 Å². The highest BCUT2D eigenvalue weighted by Gasteiger charge is 2.41. The number of allylic oxidation sites excluding steroid dienone is 1. The predicted octanol–water partition coefficient (Wildman–Crippen LogP) is 3.22. The molecule has 0 aliphatic carbocycles. The lowest BCUT2D eigenvalue weighted by atomic mass is 9.77. The standard InChI is InChI=1S/C13H21NO2/c1-5-8-9-13(10-14,11(4)6-2)12(15)16-7-3/h6H,5,7-9H2,1-4H3. The van der Waals surface area contributed by atoms with Crippen LogP contribution in [0.25, 0.3) is 0 Å². The van der Waals surface area contributed by atoms with Crippen LogP contribution in [0.3, 0.4) is 0 Å². The third kappa shape index (κ3) is 3.10. The highest BCUT2D eigenvalue weighted by molar-refractivity contribution is 5.83. The number of carbonyl (C=O) groups is 1. The van der Waals surface area contributed by atoms with Gasteiger partial charge in [-0.3, -0.25) is 0 Å². The van der Waals surface area contributed by atoms with Crippen molar-refractivity contribution in [2.45, 2.75) is 47.0 Å². The Morgan fingerprint density at radius 1 is 1.50 bits per heavy atom. The first-order valence-electron chi connectivity index (χ1n) is 5.80. The van der Waals surface area contributed by atoms with E-state index in [1.165, 1.54) is 0 Å². The van der Waals surface area contributed by atoms with Crippen molar-refractivity contribution in [1.82, 2.24) is 0 Å². The predicted molar refractivity (Wildman–Crippen MR) is 63.6 cm³/mol. The van der Waals surface area contributed by atoms with Crippen LogP contribution in [0, 0.1) is 16.7 Å². The van der Waals surface area contributed by atoms with Gasteiger partial charge < -0.3 is 4.74 Å². The number of esters is 1. The number of hydrogen-bond acceptors (Lipinski definition) is 3. The van der Waals surface area contributed by atoms with E-state index in [0.29, 0.717) is 13.0 Å². The molecule has 0 aromatic carbocycles. The van der Waals surface area contributed by atoms with Crippen molar-refractivity contribution in [1.29, 1.82) is 5.26 Å². The van der Waals surface area contributed by atoms with E-state index < -0.39 is 11.4 Å². The molecule has 90 valence electrons. The molecule has 0 aromatic heterocycles. The first kappa shape index (κ1) is 14.7. The molecule has 16 heavy (non-hydrogen) atoms. The third-order valence-electron chi connectivity index (χ3n) is 2.83. The molecule has 0 aliphatic heterocycles. The lowest BCUT2D eigenvalue weighted by molar-refractivity contribution is -0.150. The second-order valence-corrected chi connectivity index (χ2v) is 3.81. The van der Waals surface area contributed by atoms with Gasteiger partial charge in [0.2, 0.25) is 0 Å². The van der Waals surface area contributed by atoms with Crippen LogP contribution in [0.5, 0.6) is 0 Å². The van der Waals surface area contributed by atoms with Gasteiger partial charge in [0, 0.05) is 0 Å². The van der Waals surface area contributed by atoms with E-state index in [1.807, 2.05) is 26.8 Å². The number of ether oxygens (including phenoxy) is 1. The van der Waals surface area contributed by atoms with Gasteiger partial charge in [-0.1, -0.05) is 25.8 Å². The van der Waals surface area contributed by atoms with Crippen LogP contribution in [-0.4, -0.2) is 12.6 Å². The first-order valence-corrected chi connectivity index (χ1v) is 5.80. The Kier molecular flexibility index (Phi) is 6.48. The highest BCUT2D eigenvalue weighted by atomic mass is 16.5. The van der Waals surface area contributed by atoms with Crippen LogP contribution in [0.1, 0.15) is 47.0 Å². The van der Waals surface area contributed by atoms with E-state index in [4.69, 9.17) is 4.74 Å². The summed E-state index contributed by atoms with van der Waals surface area (Å²) in [6, 6.07) is 2.14. The van der Waals surface area contributed by atoms with Crippen molar-refractivity contribution in [3.05, 3.63) is 11.6 Å². The molecule has 0 saturated heterocycles. The van der Waals surface area contributed by atoms with Crippen LogP contribution in [0.2, 0.25) is 0 Å². The molecule has 0 aromatic rings. The fourth-order valence-corrected chi connectivity index (χ4v) is 1.59. The molecule has 0 aliphatic rings. The number of nitriles is 1. The van der Waals surface area contributed by atoms with Gasteiger partial charge in [-0.15, -0.1) is 0 Å². The smallest absolute Gasteiger partial charge is 0.330 e. The van der Waals surface area contributed by atoms with E-state index in [0.717, 1.165) is 18.4 Å². The monoisotopic (exact) mass is 223 g/mol. The van der Waals surface area contributed by atoms with Gasteiger partial charge in [0.25, 0.3) is 0 Å². The van der Waals surface area contributed by atoms with E-state index in [1.54, 1.807) is 6.92 Å². The van der Waals surface area contributed by atoms with Gasteiger partial charge in [0.1, 0.15) is 0 Å². The summed E-state index contributed by atoms with van der Waals surface area (Å²) >= 11 is 0. The summed E-state index contributed by atoms with van der Waals surface area (Å²) in [5.74, 6) is -0.415. The fraction of sp³-hybridized carbons (Fsp3) is 0.692. The van der Waals surface area contributed by atoms with Gasteiger partial charge in [0.15, 0.2) is 5.41 Å². The zero-order valence-electron chi connectivity index (χ0n) is 10.7. The molecule has 0 rings (SSSR count).